The topological polar surface area (TPSA) is 63.6 Å². The molecule has 0 bridgehead atoms. The first-order chi connectivity index (χ1) is 11.3. The molecule has 0 N–H and O–H groups in total. The summed E-state index contributed by atoms with van der Waals surface area (Å²) in [5, 5.41) is 0. The third-order valence-corrected chi connectivity index (χ3v) is 5.54. The maximum Gasteiger partial charge on any atom is 0.283 e. The third-order valence-electron chi connectivity index (χ3n) is 3.94. The minimum absolute atomic E-state index is 0.148. The molecule has 2 aromatic rings. The molecule has 0 unspecified atom stereocenters. The second-order valence-electron chi connectivity index (χ2n) is 5.92. The highest BCUT2D eigenvalue weighted by molar-refractivity contribution is 7.90. The minimum Gasteiger partial charge on any atom is -0.289 e. The van der Waals surface area contributed by atoms with Gasteiger partial charge in [-0.05, 0) is 44.1 Å². The number of hydrogen-bond donors (Lipinski definition) is 0. The van der Waals surface area contributed by atoms with Crippen LogP contribution in [-0.4, -0.2) is 19.9 Å². The first-order valence-corrected chi connectivity index (χ1v) is 8.98. The maximum absolute atomic E-state index is 12.8. The van der Waals surface area contributed by atoms with Gasteiger partial charge in [-0.3, -0.25) is 4.79 Å². The molecule has 2 aromatic carbocycles. The summed E-state index contributed by atoms with van der Waals surface area (Å²) in [4.78, 5) is 12.1. The summed E-state index contributed by atoms with van der Waals surface area (Å²) in [7, 11) is -3.87. The van der Waals surface area contributed by atoms with E-state index in [9.17, 15) is 13.2 Å². The monoisotopic (exact) mass is 339 g/mol. The van der Waals surface area contributed by atoms with Crippen molar-refractivity contribution in [2.75, 3.05) is 0 Å². The summed E-state index contributed by atoms with van der Waals surface area (Å²) in [6.07, 6.45) is 2.81. The van der Waals surface area contributed by atoms with E-state index in [4.69, 9.17) is 0 Å². The molecule has 4 nitrogen and oxygen atoms in total. The summed E-state index contributed by atoms with van der Waals surface area (Å²) in [6.45, 7) is 5.45. The van der Waals surface area contributed by atoms with Crippen LogP contribution in [0.3, 0.4) is 0 Å². The van der Waals surface area contributed by atoms with E-state index in [0.29, 0.717) is 22.3 Å². The Morgan fingerprint density at radius 2 is 1.46 bits per heavy atom. The van der Waals surface area contributed by atoms with Gasteiger partial charge in [0.15, 0.2) is 5.78 Å². The SMILES string of the molecule is Cc1cc(C)c(S(=O)(=O)N=C2C=CC(=O)c3ccccc32)c(C)c1. The van der Waals surface area contributed by atoms with Crippen LogP contribution < -0.4 is 0 Å². The number of benzene rings is 2. The number of aryl methyl sites for hydroxylation is 3. The van der Waals surface area contributed by atoms with Crippen molar-refractivity contribution in [2.24, 2.45) is 4.40 Å². The number of fused-ring (bicyclic) bond motifs is 1. The normalized spacial score (nSPS) is 15.6. The Morgan fingerprint density at radius 1 is 0.875 bits per heavy atom. The average Bonchev–Trinajstić information content (AvgIpc) is 2.49. The summed E-state index contributed by atoms with van der Waals surface area (Å²) >= 11 is 0. The smallest absolute Gasteiger partial charge is 0.283 e. The van der Waals surface area contributed by atoms with Crippen molar-refractivity contribution in [3.8, 4) is 0 Å². The van der Waals surface area contributed by atoms with E-state index in [-0.39, 0.29) is 16.4 Å². The van der Waals surface area contributed by atoms with Crippen LogP contribution in [0.2, 0.25) is 0 Å². The Labute approximate surface area is 141 Å². The predicted molar refractivity (Wildman–Crippen MR) is 94.3 cm³/mol. The zero-order valence-corrected chi connectivity index (χ0v) is 14.5. The Bertz CT molecular complexity index is 992. The molecular formula is C19H17NO3S. The van der Waals surface area contributed by atoms with Gasteiger partial charge in [0.2, 0.25) is 0 Å². The quantitative estimate of drug-likeness (QED) is 0.840. The van der Waals surface area contributed by atoms with Gasteiger partial charge in [0.1, 0.15) is 0 Å². The summed E-state index contributed by atoms with van der Waals surface area (Å²) < 4.78 is 29.7. The molecule has 24 heavy (non-hydrogen) atoms. The molecule has 3 rings (SSSR count). The maximum atomic E-state index is 12.8. The molecule has 5 heteroatoms. The molecule has 1 aliphatic rings. The molecule has 0 spiro atoms. The van der Waals surface area contributed by atoms with Gasteiger partial charge in [0.05, 0.1) is 10.6 Å². The Balaban J connectivity index is 2.19. The van der Waals surface area contributed by atoms with Gasteiger partial charge in [-0.25, -0.2) is 0 Å². The lowest BCUT2D eigenvalue weighted by Gasteiger charge is -2.13. The van der Waals surface area contributed by atoms with Gasteiger partial charge in [-0.1, -0.05) is 42.0 Å². The molecule has 0 amide bonds. The molecular weight excluding hydrogens is 322 g/mol. The van der Waals surface area contributed by atoms with Crippen LogP contribution in [-0.2, 0) is 10.0 Å². The minimum atomic E-state index is -3.87. The molecule has 0 atom stereocenters. The lowest BCUT2D eigenvalue weighted by molar-refractivity contribution is 0.104. The van der Waals surface area contributed by atoms with Crippen molar-refractivity contribution in [1.29, 1.82) is 0 Å². The molecule has 0 saturated heterocycles. The Kier molecular flexibility index (Phi) is 3.97. The summed E-state index contributed by atoms with van der Waals surface area (Å²) in [5.41, 5.74) is 3.62. The number of carbonyl (C=O) groups is 1. The predicted octanol–water partition coefficient (Wildman–Crippen LogP) is 3.54. The number of rotatable bonds is 2. The van der Waals surface area contributed by atoms with E-state index in [1.807, 2.05) is 19.1 Å². The number of carbonyl (C=O) groups excluding carboxylic acids is 1. The molecule has 1 aliphatic carbocycles. The van der Waals surface area contributed by atoms with Crippen molar-refractivity contribution >= 4 is 21.5 Å². The van der Waals surface area contributed by atoms with E-state index in [1.165, 1.54) is 12.2 Å². The summed E-state index contributed by atoms with van der Waals surface area (Å²) in [5.74, 6) is -0.148. The van der Waals surface area contributed by atoms with E-state index >= 15 is 0 Å². The lowest BCUT2D eigenvalue weighted by atomic mass is 9.95. The molecule has 0 radical (unpaired) electrons. The first-order valence-electron chi connectivity index (χ1n) is 7.54. The van der Waals surface area contributed by atoms with Crippen molar-refractivity contribution in [3.05, 3.63) is 76.4 Å². The molecule has 0 aromatic heterocycles. The van der Waals surface area contributed by atoms with E-state index in [2.05, 4.69) is 4.40 Å². The third kappa shape index (κ3) is 2.83. The van der Waals surface area contributed by atoms with Crippen LogP contribution in [0.25, 0.3) is 0 Å². The van der Waals surface area contributed by atoms with Crippen LogP contribution in [0, 0.1) is 20.8 Å². The highest BCUT2D eigenvalue weighted by atomic mass is 32.2. The number of allylic oxidation sites excluding steroid dienone is 2. The van der Waals surface area contributed by atoms with Crippen molar-refractivity contribution in [1.82, 2.24) is 0 Å². The highest BCUT2D eigenvalue weighted by Crippen LogP contribution is 2.25. The number of ketones is 1. The average molecular weight is 339 g/mol. The largest absolute Gasteiger partial charge is 0.289 e. The van der Waals surface area contributed by atoms with Gasteiger partial charge in [0.25, 0.3) is 10.0 Å². The zero-order valence-electron chi connectivity index (χ0n) is 13.7. The lowest BCUT2D eigenvalue weighted by Crippen LogP contribution is -2.14. The fourth-order valence-electron chi connectivity index (χ4n) is 3.08. The van der Waals surface area contributed by atoms with Crippen LogP contribution >= 0.6 is 0 Å². The van der Waals surface area contributed by atoms with Crippen molar-refractivity contribution < 1.29 is 13.2 Å². The highest BCUT2D eigenvalue weighted by Gasteiger charge is 2.23. The molecule has 122 valence electrons. The van der Waals surface area contributed by atoms with E-state index in [0.717, 1.165) is 5.56 Å². The van der Waals surface area contributed by atoms with E-state index < -0.39 is 10.0 Å². The standard InChI is InChI=1S/C19H17NO3S/c1-12-10-13(2)19(14(3)11-12)24(22,23)20-17-8-9-18(21)16-7-5-4-6-15(16)17/h4-11H,1-3H3. The first kappa shape index (κ1) is 16.3. The zero-order chi connectivity index (χ0) is 17.5. The van der Waals surface area contributed by atoms with Crippen LogP contribution in [0.5, 0.6) is 0 Å². The molecule has 0 fully saturated rings. The van der Waals surface area contributed by atoms with Gasteiger partial charge >= 0.3 is 0 Å². The fourth-order valence-corrected chi connectivity index (χ4v) is 4.52. The Morgan fingerprint density at radius 3 is 2.08 bits per heavy atom. The second kappa shape index (κ2) is 5.83. The van der Waals surface area contributed by atoms with E-state index in [1.54, 1.807) is 38.1 Å². The van der Waals surface area contributed by atoms with Crippen molar-refractivity contribution in [3.63, 3.8) is 0 Å². The fraction of sp³-hybridized carbons (Fsp3) is 0.158. The van der Waals surface area contributed by atoms with Gasteiger partial charge in [-0.15, -0.1) is 0 Å². The van der Waals surface area contributed by atoms with Crippen LogP contribution in [0.15, 0.2) is 57.8 Å². The Hall–Kier alpha value is -2.53. The van der Waals surface area contributed by atoms with Crippen molar-refractivity contribution in [2.45, 2.75) is 25.7 Å². The van der Waals surface area contributed by atoms with Crippen LogP contribution in [0.1, 0.15) is 32.6 Å². The summed E-state index contributed by atoms with van der Waals surface area (Å²) in [6, 6.07) is 10.5. The van der Waals surface area contributed by atoms with Crippen LogP contribution in [0.4, 0.5) is 0 Å². The number of nitrogens with zero attached hydrogens (tertiary/aromatic N) is 1. The van der Waals surface area contributed by atoms with Gasteiger partial charge in [0, 0.05) is 11.1 Å². The second-order valence-corrected chi connectivity index (χ2v) is 7.46. The van der Waals surface area contributed by atoms with Gasteiger partial charge in [-0.2, -0.15) is 12.8 Å². The van der Waals surface area contributed by atoms with Gasteiger partial charge < -0.3 is 0 Å². The molecule has 0 heterocycles. The molecule has 0 aliphatic heterocycles. The molecule has 0 saturated carbocycles. The number of hydrogen-bond acceptors (Lipinski definition) is 3. The number of sulfonamides is 1.